The molecule has 5 rings (SSSR count). The average molecular weight is 388 g/mol. The van der Waals surface area contributed by atoms with Crippen LogP contribution in [-0.2, 0) is 4.79 Å². The lowest BCUT2D eigenvalue weighted by molar-refractivity contribution is -0.385. The molecule has 0 saturated carbocycles. The molecule has 0 unspecified atom stereocenters. The summed E-state index contributed by atoms with van der Waals surface area (Å²) in [7, 11) is 1.58. The van der Waals surface area contributed by atoms with Crippen LogP contribution >= 0.6 is 0 Å². The van der Waals surface area contributed by atoms with Crippen molar-refractivity contribution in [3.05, 3.63) is 88.0 Å². The Labute approximate surface area is 166 Å². The lowest BCUT2D eigenvalue weighted by Gasteiger charge is -2.46. The Morgan fingerprint density at radius 3 is 2.52 bits per heavy atom. The number of nitrogens with zero attached hydrogens (tertiary/aromatic N) is 2. The summed E-state index contributed by atoms with van der Waals surface area (Å²) < 4.78 is 11.3. The molecule has 1 amide bonds. The van der Waals surface area contributed by atoms with Crippen molar-refractivity contribution in [3.63, 3.8) is 0 Å². The largest absolute Gasteiger partial charge is 0.497 e. The normalized spacial score (nSPS) is 19.1. The highest BCUT2D eigenvalue weighted by atomic mass is 16.6. The third-order valence-corrected chi connectivity index (χ3v) is 5.44. The van der Waals surface area contributed by atoms with Gasteiger partial charge in [-0.2, -0.15) is 0 Å². The van der Waals surface area contributed by atoms with Crippen LogP contribution in [0.1, 0.15) is 23.1 Å². The first kappa shape index (κ1) is 17.2. The Bertz CT molecular complexity index is 1140. The molecular formula is C22H16N2O5. The molecule has 144 valence electrons. The number of amides is 1. The number of hydrogen-bond donors (Lipinski definition) is 0. The van der Waals surface area contributed by atoms with Gasteiger partial charge in [-0.15, -0.1) is 0 Å². The standard InChI is InChI=1S/C22H16N2O5/c1-28-15-9-6-13(7-10-15)20-21-16-12-14(24(26)27)8-11-18(16)29-19-5-3-2-4-17(19)23(21)22(20)25/h2-12,20-21H,1H3/t20-,21-/m0/s1. The van der Waals surface area contributed by atoms with Crippen molar-refractivity contribution in [2.24, 2.45) is 0 Å². The fraction of sp³-hybridized carbons (Fsp3) is 0.136. The van der Waals surface area contributed by atoms with Crippen LogP contribution in [0.15, 0.2) is 66.7 Å². The number of fused-ring (bicyclic) bond motifs is 5. The van der Waals surface area contributed by atoms with E-state index < -0.39 is 16.9 Å². The van der Waals surface area contributed by atoms with Crippen molar-refractivity contribution in [2.45, 2.75) is 12.0 Å². The molecule has 3 aromatic rings. The van der Waals surface area contributed by atoms with Crippen LogP contribution in [0.5, 0.6) is 17.2 Å². The lowest BCUT2D eigenvalue weighted by atomic mass is 9.77. The number of benzene rings is 3. The summed E-state index contributed by atoms with van der Waals surface area (Å²) in [6.07, 6.45) is 0. The van der Waals surface area contributed by atoms with Gasteiger partial charge >= 0.3 is 0 Å². The highest BCUT2D eigenvalue weighted by molar-refractivity contribution is 6.08. The zero-order valence-corrected chi connectivity index (χ0v) is 15.4. The van der Waals surface area contributed by atoms with Gasteiger partial charge in [0.25, 0.3) is 5.69 Å². The number of anilines is 1. The zero-order chi connectivity index (χ0) is 20.1. The first-order valence-electron chi connectivity index (χ1n) is 9.11. The third kappa shape index (κ3) is 2.55. The summed E-state index contributed by atoms with van der Waals surface area (Å²) >= 11 is 0. The van der Waals surface area contributed by atoms with Crippen LogP contribution in [0, 0.1) is 10.1 Å². The minimum atomic E-state index is -0.462. The second-order valence-electron chi connectivity index (χ2n) is 6.95. The maximum Gasteiger partial charge on any atom is 0.270 e. The molecule has 0 aliphatic carbocycles. The molecule has 2 atom stereocenters. The minimum absolute atomic E-state index is 0.0360. The molecule has 7 nitrogen and oxygen atoms in total. The van der Waals surface area contributed by atoms with Gasteiger partial charge < -0.3 is 9.47 Å². The van der Waals surface area contributed by atoms with Crippen molar-refractivity contribution >= 4 is 17.3 Å². The van der Waals surface area contributed by atoms with Crippen molar-refractivity contribution in [1.29, 1.82) is 0 Å². The van der Waals surface area contributed by atoms with Crippen LogP contribution in [-0.4, -0.2) is 17.9 Å². The highest BCUT2D eigenvalue weighted by Crippen LogP contribution is 2.56. The SMILES string of the molecule is COc1ccc([C@@H]2C(=O)N3c4ccccc4Oc4ccc([N+](=O)[O-])cc4[C@@H]23)cc1. The average Bonchev–Trinajstić information content (AvgIpc) is 2.86. The molecule has 2 heterocycles. The van der Waals surface area contributed by atoms with E-state index in [0.717, 1.165) is 5.56 Å². The highest BCUT2D eigenvalue weighted by Gasteiger charge is 2.52. The molecule has 3 aromatic carbocycles. The van der Waals surface area contributed by atoms with Crippen molar-refractivity contribution in [3.8, 4) is 17.2 Å². The van der Waals surface area contributed by atoms with Crippen LogP contribution in [0.4, 0.5) is 11.4 Å². The number of rotatable bonds is 3. The van der Waals surface area contributed by atoms with Gasteiger partial charge in [0, 0.05) is 17.7 Å². The predicted octanol–water partition coefficient (Wildman–Crippen LogP) is 4.58. The van der Waals surface area contributed by atoms with E-state index in [1.807, 2.05) is 30.3 Å². The Balaban J connectivity index is 1.68. The number of nitro groups is 1. The topological polar surface area (TPSA) is 81.9 Å². The van der Waals surface area contributed by atoms with E-state index in [1.165, 1.54) is 12.1 Å². The van der Waals surface area contributed by atoms with Gasteiger partial charge in [0.1, 0.15) is 11.5 Å². The first-order chi connectivity index (χ1) is 14.1. The predicted molar refractivity (Wildman–Crippen MR) is 106 cm³/mol. The van der Waals surface area contributed by atoms with Gasteiger partial charge in [0.05, 0.1) is 29.7 Å². The Morgan fingerprint density at radius 1 is 1.03 bits per heavy atom. The molecule has 0 N–H and O–H groups in total. The van der Waals surface area contributed by atoms with E-state index in [4.69, 9.17) is 9.47 Å². The summed E-state index contributed by atoms with van der Waals surface area (Å²) in [5.74, 6) is 1.23. The summed E-state index contributed by atoms with van der Waals surface area (Å²) in [5, 5.41) is 11.4. The number of hydrogen-bond acceptors (Lipinski definition) is 5. The molecular weight excluding hydrogens is 372 g/mol. The quantitative estimate of drug-likeness (QED) is 0.373. The summed E-state index contributed by atoms with van der Waals surface area (Å²) in [6.45, 7) is 0. The Hall–Kier alpha value is -3.87. The van der Waals surface area contributed by atoms with E-state index in [2.05, 4.69) is 0 Å². The molecule has 29 heavy (non-hydrogen) atoms. The van der Waals surface area contributed by atoms with E-state index in [9.17, 15) is 14.9 Å². The van der Waals surface area contributed by atoms with Crippen LogP contribution in [0.3, 0.4) is 0 Å². The smallest absolute Gasteiger partial charge is 0.270 e. The van der Waals surface area contributed by atoms with E-state index >= 15 is 0 Å². The number of carbonyl (C=O) groups excluding carboxylic acids is 1. The third-order valence-electron chi connectivity index (χ3n) is 5.44. The fourth-order valence-corrected chi connectivity index (χ4v) is 4.05. The molecule has 0 aromatic heterocycles. The van der Waals surface area contributed by atoms with Gasteiger partial charge in [-0.3, -0.25) is 19.8 Å². The maximum absolute atomic E-state index is 13.2. The number of methoxy groups -OCH3 is 1. The Kier molecular flexibility index (Phi) is 3.77. The van der Waals surface area contributed by atoms with Gasteiger partial charge in [0.15, 0.2) is 5.75 Å². The summed E-state index contributed by atoms with van der Waals surface area (Å²) in [4.78, 5) is 25.8. The van der Waals surface area contributed by atoms with Crippen molar-refractivity contribution in [1.82, 2.24) is 0 Å². The number of nitro benzene ring substituents is 1. The second-order valence-corrected chi connectivity index (χ2v) is 6.95. The second kappa shape index (κ2) is 6.34. The molecule has 0 bridgehead atoms. The summed E-state index contributed by atoms with van der Waals surface area (Å²) in [5.41, 5.74) is 2.07. The molecule has 7 heteroatoms. The fourth-order valence-electron chi connectivity index (χ4n) is 4.05. The maximum atomic E-state index is 13.2. The van der Waals surface area contributed by atoms with E-state index in [1.54, 1.807) is 36.3 Å². The minimum Gasteiger partial charge on any atom is -0.497 e. The molecule has 0 radical (unpaired) electrons. The molecule has 2 aliphatic rings. The summed E-state index contributed by atoms with van der Waals surface area (Å²) in [6, 6.07) is 18.7. The molecule has 0 spiro atoms. The van der Waals surface area contributed by atoms with E-state index in [0.29, 0.717) is 28.5 Å². The lowest BCUT2D eigenvalue weighted by Crippen LogP contribution is -2.53. The molecule has 2 aliphatic heterocycles. The van der Waals surface area contributed by atoms with Gasteiger partial charge in [-0.1, -0.05) is 24.3 Å². The van der Waals surface area contributed by atoms with Gasteiger partial charge in [-0.25, -0.2) is 0 Å². The number of para-hydroxylation sites is 2. The number of β-lactam (4-membered cyclic amide) rings is 1. The monoisotopic (exact) mass is 388 g/mol. The van der Waals surface area contributed by atoms with E-state index in [-0.39, 0.29) is 11.6 Å². The first-order valence-corrected chi connectivity index (χ1v) is 9.11. The van der Waals surface area contributed by atoms with Crippen LogP contribution in [0.2, 0.25) is 0 Å². The van der Waals surface area contributed by atoms with Gasteiger partial charge in [0.2, 0.25) is 5.91 Å². The Morgan fingerprint density at radius 2 is 1.79 bits per heavy atom. The van der Waals surface area contributed by atoms with Crippen molar-refractivity contribution in [2.75, 3.05) is 12.0 Å². The molecule has 1 fully saturated rings. The van der Waals surface area contributed by atoms with Crippen molar-refractivity contribution < 1.29 is 19.2 Å². The van der Waals surface area contributed by atoms with Gasteiger partial charge in [-0.05, 0) is 35.9 Å². The number of carbonyl (C=O) groups is 1. The number of ether oxygens (including phenoxy) is 2. The number of non-ortho nitro benzene ring substituents is 1. The zero-order valence-electron chi connectivity index (χ0n) is 15.4. The molecule has 1 saturated heterocycles. The van der Waals surface area contributed by atoms with Crippen LogP contribution < -0.4 is 14.4 Å². The van der Waals surface area contributed by atoms with Crippen LogP contribution in [0.25, 0.3) is 0 Å².